The summed E-state index contributed by atoms with van der Waals surface area (Å²) in [4.78, 5) is 2.95. The van der Waals surface area contributed by atoms with Crippen LogP contribution in [-0.4, -0.2) is 14.1 Å². The number of nitrogens with zero attached hydrogens (tertiary/aromatic N) is 1. The van der Waals surface area contributed by atoms with Crippen molar-refractivity contribution in [3.63, 3.8) is 0 Å². The van der Waals surface area contributed by atoms with Crippen molar-refractivity contribution in [3.8, 4) is 0 Å². The number of allylic oxidation sites excluding steroid dienone is 2. The highest BCUT2D eigenvalue weighted by atomic mass is 32.2. The molecule has 0 aromatic heterocycles. The van der Waals surface area contributed by atoms with Gasteiger partial charge in [0.25, 0.3) is 10.0 Å². The van der Waals surface area contributed by atoms with E-state index in [1.165, 1.54) is 63.4 Å². The second kappa shape index (κ2) is 11.0. The van der Waals surface area contributed by atoms with E-state index in [1.807, 2.05) is 6.07 Å². The van der Waals surface area contributed by atoms with E-state index in [0.29, 0.717) is 29.1 Å². The predicted molar refractivity (Wildman–Crippen MR) is 162 cm³/mol. The van der Waals surface area contributed by atoms with E-state index in [1.54, 1.807) is 24.3 Å². The molecule has 4 aliphatic carbocycles. The van der Waals surface area contributed by atoms with Gasteiger partial charge in [0, 0.05) is 5.92 Å². The second-order valence-electron chi connectivity index (χ2n) is 14.6. The molecule has 1 aromatic rings. The summed E-state index contributed by atoms with van der Waals surface area (Å²) < 4.78 is 26.3. The third-order valence-corrected chi connectivity index (χ3v) is 13.0. The summed E-state index contributed by atoms with van der Waals surface area (Å²) in [5, 5.41) is 4.80. The van der Waals surface area contributed by atoms with Gasteiger partial charge in [0.1, 0.15) is 0 Å². The maximum atomic E-state index is 13.2. The molecule has 3 saturated carbocycles. The minimum absolute atomic E-state index is 0.219. The molecule has 3 unspecified atom stereocenters. The third kappa shape index (κ3) is 5.38. The molecular weight excluding hydrogens is 500 g/mol. The summed E-state index contributed by atoms with van der Waals surface area (Å²) >= 11 is 0. The van der Waals surface area contributed by atoms with Gasteiger partial charge in [0.05, 0.1) is 10.6 Å². The lowest BCUT2D eigenvalue weighted by Crippen LogP contribution is -2.53. The van der Waals surface area contributed by atoms with Crippen LogP contribution in [0.2, 0.25) is 0 Å². The Morgan fingerprint density at radius 1 is 0.974 bits per heavy atom. The van der Waals surface area contributed by atoms with Gasteiger partial charge in [-0.25, -0.2) is 0 Å². The zero-order valence-corrected chi connectivity index (χ0v) is 26.1. The summed E-state index contributed by atoms with van der Waals surface area (Å²) in [6.45, 7) is 14.7. The highest BCUT2D eigenvalue weighted by Crippen LogP contribution is 2.67. The molecule has 5 heteroatoms. The Hall–Kier alpha value is -1.62. The smallest absolute Gasteiger partial charge is 0.200 e. The number of nitrogens with one attached hydrogen (secondary N) is 1. The molecule has 5 rings (SSSR count). The highest BCUT2D eigenvalue weighted by Gasteiger charge is 2.60. The summed E-state index contributed by atoms with van der Waals surface area (Å²) in [6, 6.07) is 8.66. The average molecular weight is 553 g/mol. The first-order valence-electron chi connectivity index (χ1n) is 15.8. The van der Waals surface area contributed by atoms with Gasteiger partial charge >= 0.3 is 0 Å². The largest absolute Gasteiger partial charge is 0.276 e. The SMILES string of the molecule is CC(C)CCC[C@@H](C)[C@H]1CCC2C3/C(=N\NS(=O)(=O)c4ccccc4)C=C4C[C@@H](C)CC[C@]4(C)C3CC[C@@]21C. The second-order valence-corrected chi connectivity index (χ2v) is 16.3. The van der Waals surface area contributed by atoms with Gasteiger partial charge in [-0.15, -0.1) is 0 Å². The van der Waals surface area contributed by atoms with Crippen molar-refractivity contribution in [2.45, 2.75) is 111 Å². The van der Waals surface area contributed by atoms with Gasteiger partial charge in [-0.1, -0.05) is 84.6 Å². The van der Waals surface area contributed by atoms with Crippen molar-refractivity contribution < 1.29 is 8.42 Å². The average Bonchev–Trinajstić information content (AvgIpc) is 3.25. The fourth-order valence-electron chi connectivity index (χ4n) is 9.50. The standard InChI is InChI=1S/C34H52N2O2S/c1-23(2)11-10-12-25(4)28-15-16-29-32-30(18-20-34(28,29)6)33(5)19-17-24(3)21-26(33)22-31(32)35-36-39(37,38)27-13-8-7-9-14-27/h7-9,13-14,22-25,28-30,32,36H,10-12,15-21H2,1-6H3/b35-31-/t24-,25+,28+,29?,30?,32?,33-,34+/m0/s1. The molecule has 1 aromatic carbocycles. The Kier molecular flexibility index (Phi) is 8.14. The van der Waals surface area contributed by atoms with Crippen LogP contribution in [-0.2, 0) is 10.0 Å². The van der Waals surface area contributed by atoms with Crippen LogP contribution in [0, 0.1) is 52.3 Å². The summed E-state index contributed by atoms with van der Waals surface area (Å²) in [7, 11) is -3.70. The van der Waals surface area contributed by atoms with Crippen molar-refractivity contribution in [1.29, 1.82) is 0 Å². The zero-order chi connectivity index (χ0) is 28.0. The number of rotatable bonds is 8. The van der Waals surface area contributed by atoms with Crippen molar-refractivity contribution in [1.82, 2.24) is 4.83 Å². The van der Waals surface area contributed by atoms with Crippen LogP contribution in [0.5, 0.6) is 0 Å². The first-order valence-corrected chi connectivity index (χ1v) is 17.3. The van der Waals surface area contributed by atoms with Crippen LogP contribution in [0.15, 0.2) is 52.0 Å². The molecule has 1 N–H and O–H groups in total. The van der Waals surface area contributed by atoms with E-state index in [2.05, 4.69) is 52.4 Å². The third-order valence-electron chi connectivity index (χ3n) is 11.8. The minimum Gasteiger partial charge on any atom is -0.200 e. The first-order chi connectivity index (χ1) is 18.5. The number of sulfonamides is 1. The quantitative estimate of drug-likeness (QED) is 0.328. The summed E-state index contributed by atoms with van der Waals surface area (Å²) in [6.07, 6.45) is 15.1. The van der Waals surface area contributed by atoms with E-state index in [0.717, 1.165) is 29.9 Å². The van der Waals surface area contributed by atoms with E-state index in [-0.39, 0.29) is 10.3 Å². The molecule has 0 radical (unpaired) electrons. The monoisotopic (exact) mass is 552 g/mol. The lowest BCUT2D eigenvalue weighted by Gasteiger charge is -2.58. The maximum absolute atomic E-state index is 13.2. The number of hydrogen-bond acceptors (Lipinski definition) is 3. The van der Waals surface area contributed by atoms with Gasteiger partial charge in [-0.3, -0.25) is 0 Å². The maximum Gasteiger partial charge on any atom is 0.276 e. The Morgan fingerprint density at radius 2 is 1.72 bits per heavy atom. The van der Waals surface area contributed by atoms with Gasteiger partial charge in [-0.05, 0) is 109 Å². The molecule has 0 aliphatic heterocycles. The fraction of sp³-hybridized carbons (Fsp3) is 0.735. The molecule has 0 amide bonds. The molecule has 0 bridgehead atoms. The molecule has 4 nitrogen and oxygen atoms in total. The number of hydrogen-bond donors (Lipinski definition) is 1. The van der Waals surface area contributed by atoms with Crippen LogP contribution >= 0.6 is 0 Å². The zero-order valence-electron chi connectivity index (χ0n) is 25.2. The van der Waals surface area contributed by atoms with Gasteiger partial charge in [-0.2, -0.15) is 18.4 Å². The molecule has 39 heavy (non-hydrogen) atoms. The minimum atomic E-state index is -3.70. The fourth-order valence-corrected chi connectivity index (χ4v) is 10.3. The van der Waals surface area contributed by atoms with Crippen molar-refractivity contribution in [2.24, 2.45) is 57.4 Å². The number of fused-ring (bicyclic) bond motifs is 5. The lowest BCUT2D eigenvalue weighted by molar-refractivity contribution is -0.0239. The van der Waals surface area contributed by atoms with Crippen LogP contribution < -0.4 is 4.83 Å². The Balaban J connectivity index is 1.48. The topological polar surface area (TPSA) is 58.5 Å². The molecule has 0 saturated heterocycles. The molecule has 216 valence electrons. The lowest BCUT2D eigenvalue weighted by atomic mass is 9.46. The van der Waals surface area contributed by atoms with Crippen LogP contribution in [0.3, 0.4) is 0 Å². The van der Waals surface area contributed by atoms with Crippen molar-refractivity contribution in [2.75, 3.05) is 0 Å². The molecule has 0 heterocycles. The van der Waals surface area contributed by atoms with Gasteiger partial charge < -0.3 is 0 Å². The van der Waals surface area contributed by atoms with E-state index in [4.69, 9.17) is 5.10 Å². The highest BCUT2D eigenvalue weighted by molar-refractivity contribution is 7.89. The Morgan fingerprint density at radius 3 is 2.44 bits per heavy atom. The van der Waals surface area contributed by atoms with Crippen molar-refractivity contribution in [3.05, 3.63) is 42.0 Å². The van der Waals surface area contributed by atoms with E-state index < -0.39 is 10.0 Å². The van der Waals surface area contributed by atoms with Gasteiger partial charge in [0.15, 0.2) is 0 Å². The Bertz CT molecular complexity index is 1190. The van der Waals surface area contributed by atoms with Gasteiger partial charge in [0.2, 0.25) is 0 Å². The number of benzene rings is 1. The molecular formula is C34H52N2O2S. The summed E-state index contributed by atoms with van der Waals surface area (Å²) in [5.41, 5.74) is 3.04. The van der Waals surface area contributed by atoms with E-state index in [9.17, 15) is 8.42 Å². The first kappa shape index (κ1) is 28.9. The van der Waals surface area contributed by atoms with Crippen molar-refractivity contribution >= 4 is 15.7 Å². The normalized spacial score (nSPS) is 38.1. The molecule has 3 fully saturated rings. The molecule has 4 aliphatic rings. The number of hydrazone groups is 1. The van der Waals surface area contributed by atoms with E-state index >= 15 is 0 Å². The molecule has 0 spiro atoms. The van der Waals surface area contributed by atoms with Crippen LogP contribution in [0.4, 0.5) is 0 Å². The van der Waals surface area contributed by atoms with Crippen LogP contribution in [0.1, 0.15) is 106 Å². The summed E-state index contributed by atoms with van der Waals surface area (Å²) in [5.74, 6) is 4.41. The Labute approximate surface area is 238 Å². The molecule has 8 atom stereocenters. The predicted octanol–water partition coefficient (Wildman–Crippen LogP) is 8.61. The van der Waals surface area contributed by atoms with Crippen LogP contribution in [0.25, 0.3) is 0 Å².